The molecule has 1 aromatic rings. The molecule has 1 aromatic carbocycles. The van der Waals surface area contributed by atoms with Gasteiger partial charge in [0.05, 0.1) is 13.7 Å². The summed E-state index contributed by atoms with van der Waals surface area (Å²) in [5, 5.41) is 11.9. The van der Waals surface area contributed by atoms with Crippen LogP contribution in [0.15, 0.2) is 12.1 Å². The molecule has 7 heteroatoms. The van der Waals surface area contributed by atoms with Crippen LogP contribution in [0, 0.1) is 0 Å². The number of carbonyl (C=O) groups excluding carboxylic acids is 1. The van der Waals surface area contributed by atoms with E-state index in [9.17, 15) is 9.59 Å². The number of carbonyl (C=O) groups is 2. The van der Waals surface area contributed by atoms with Crippen molar-refractivity contribution in [3.8, 4) is 11.5 Å². The van der Waals surface area contributed by atoms with Gasteiger partial charge in [-0.05, 0) is 12.5 Å². The second-order valence-electron chi connectivity index (χ2n) is 3.92. The molecule has 0 atom stereocenters. The Bertz CT molecular complexity index is 504. The largest absolute Gasteiger partial charge is 0.493 e. The van der Waals surface area contributed by atoms with Crippen LogP contribution in [0.5, 0.6) is 11.5 Å². The highest BCUT2D eigenvalue weighted by Crippen LogP contribution is 2.34. The number of hydrogen-bond acceptors (Lipinski definition) is 4. The topological polar surface area (TPSA) is 84.9 Å². The van der Waals surface area contributed by atoms with Crippen molar-refractivity contribution in [2.75, 3.05) is 20.8 Å². The molecule has 0 bridgehead atoms. The minimum absolute atomic E-state index is 0.0747. The van der Waals surface area contributed by atoms with Crippen molar-refractivity contribution in [3.63, 3.8) is 0 Å². The highest BCUT2D eigenvalue weighted by Gasteiger charge is 2.18. The Labute approximate surface area is 121 Å². The van der Waals surface area contributed by atoms with E-state index < -0.39 is 5.97 Å². The van der Waals surface area contributed by atoms with Crippen LogP contribution in [0.1, 0.15) is 23.2 Å². The summed E-state index contributed by atoms with van der Waals surface area (Å²) in [4.78, 5) is 22.2. The van der Waals surface area contributed by atoms with Crippen molar-refractivity contribution in [1.29, 1.82) is 0 Å². The van der Waals surface area contributed by atoms with Gasteiger partial charge in [-0.2, -0.15) is 0 Å². The minimum Gasteiger partial charge on any atom is -0.493 e. The SMILES string of the molecule is CNC(=O)CCCOc1c(OC)cc(Cl)cc1C(=O)O. The third kappa shape index (κ3) is 4.31. The number of nitrogens with one attached hydrogen (secondary N) is 1. The smallest absolute Gasteiger partial charge is 0.339 e. The van der Waals surface area contributed by atoms with E-state index >= 15 is 0 Å². The van der Waals surface area contributed by atoms with Crippen molar-refractivity contribution in [1.82, 2.24) is 5.32 Å². The predicted molar refractivity (Wildman–Crippen MR) is 73.8 cm³/mol. The maximum Gasteiger partial charge on any atom is 0.339 e. The fourth-order valence-corrected chi connectivity index (χ4v) is 1.77. The molecule has 0 spiro atoms. The van der Waals surface area contributed by atoms with E-state index in [1.165, 1.54) is 19.2 Å². The summed E-state index contributed by atoms with van der Waals surface area (Å²) in [6, 6.07) is 2.77. The molecule has 0 heterocycles. The number of rotatable bonds is 7. The molecule has 110 valence electrons. The first-order chi connectivity index (χ1) is 9.49. The molecular weight excluding hydrogens is 286 g/mol. The van der Waals surface area contributed by atoms with Gasteiger partial charge in [0.2, 0.25) is 5.91 Å². The molecule has 0 unspecified atom stereocenters. The molecule has 20 heavy (non-hydrogen) atoms. The first-order valence-electron chi connectivity index (χ1n) is 5.93. The number of halogens is 1. The average molecular weight is 302 g/mol. The van der Waals surface area contributed by atoms with Crippen LogP contribution in [0.25, 0.3) is 0 Å². The van der Waals surface area contributed by atoms with Gasteiger partial charge in [0.1, 0.15) is 5.56 Å². The van der Waals surface area contributed by atoms with Crippen molar-refractivity contribution in [2.24, 2.45) is 0 Å². The number of carboxylic acid groups (broad SMARTS) is 1. The second-order valence-corrected chi connectivity index (χ2v) is 4.35. The van der Waals surface area contributed by atoms with Crippen molar-refractivity contribution in [2.45, 2.75) is 12.8 Å². The lowest BCUT2D eigenvalue weighted by Gasteiger charge is -2.13. The highest BCUT2D eigenvalue weighted by molar-refractivity contribution is 6.31. The molecule has 0 fully saturated rings. The first-order valence-corrected chi connectivity index (χ1v) is 6.31. The first kappa shape index (κ1) is 16.1. The highest BCUT2D eigenvalue weighted by atomic mass is 35.5. The van der Waals surface area contributed by atoms with E-state index in [2.05, 4.69) is 5.32 Å². The van der Waals surface area contributed by atoms with Crippen LogP contribution in [0.4, 0.5) is 0 Å². The molecule has 1 amide bonds. The number of amides is 1. The van der Waals surface area contributed by atoms with Gasteiger partial charge in [-0.15, -0.1) is 0 Å². The van der Waals surface area contributed by atoms with Crippen molar-refractivity contribution >= 4 is 23.5 Å². The lowest BCUT2D eigenvalue weighted by atomic mass is 10.2. The number of carboxylic acids is 1. The monoisotopic (exact) mass is 301 g/mol. The Hall–Kier alpha value is -1.95. The fourth-order valence-electron chi connectivity index (χ4n) is 1.56. The zero-order valence-corrected chi connectivity index (χ0v) is 12.0. The summed E-state index contributed by atoms with van der Waals surface area (Å²) in [7, 11) is 2.95. The zero-order valence-electron chi connectivity index (χ0n) is 11.2. The molecule has 2 N–H and O–H groups in total. The van der Waals surface area contributed by atoms with Gasteiger partial charge in [-0.3, -0.25) is 4.79 Å². The van der Waals surface area contributed by atoms with Gasteiger partial charge in [0.25, 0.3) is 0 Å². The lowest BCUT2D eigenvalue weighted by molar-refractivity contribution is -0.120. The van der Waals surface area contributed by atoms with Gasteiger partial charge in [0, 0.05) is 24.6 Å². The van der Waals surface area contributed by atoms with E-state index in [-0.39, 0.29) is 34.6 Å². The molecule has 0 saturated carbocycles. The van der Waals surface area contributed by atoms with Gasteiger partial charge in [-0.1, -0.05) is 11.6 Å². The summed E-state index contributed by atoms with van der Waals surface area (Å²) in [5.74, 6) is -0.904. The van der Waals surface area contributed by atoms with E-state index in [4.69, 9.17) is 26.2 Å². The van der Waals surface area contributed by atoms with Crippen LogP contribution in [0.3, 0.4) is 0 Å². The second kappa shape index (κ2) is 7.59. The summed E-state index contributed by atoms with van der Waals surface area (Å²) in [5.41, 5.74) is -0.0747. The molecule has 0 aliphatic rings. The van der Waals surface area contributed by atoms with Crippen LogP contribution >= 0.6 is 11.6 Å². The third-order valence-electron chi connectivity index (χ3n) is 2.54. The van der Waals surface area contributed by atoms with Gasteiger partial charge in [-0.25, -0.2) is 4.79 Å². The van der Waals surface area contributed by atoms with Crippen LogP contribution in [-0.2, 0) is 4.79 Å². The lowest BCUT2D eigenvalue weighted by Crippen LogP contribution is -2.18. The number of benzene rings is 1. The summed E-state index contributed by atoms with van der Waals surface area (Å²) < 4.78 is 10.5. The Kier molecular flexibility index (Phi) is 6.11. The molecule has 0 radical (unpaired) electrons. The number of ether oxygens (including phenoxy) is 2. The van der Waals surface area contributed by atoms with Gasteiger partial charge >= 0.3 is 5.97 Å². The van der Waals surface area contributed by atoms with Crippen molar-refractivity contribution < 1.29 is 24.2 Å². The molecule has 6 nitrogen and oxygen atoms in total. The average Bonchev–Trinajstić information content (AvgIpc) is 2.43. The number of hydrogen-bond donors (Lipinski definition) is 2. The molecule has 0 aliphatic heterocycles. The number of methoxy groups -OCH3 is 1. The Morgan fingerprint density at radius 2 is 2.10 bits per heavy atom. The summed E-state index contributed by atoms with van der Waals surface area (Å²) >= 11 is 5.81. The molecule has 0 aliphatic carbocycles. The fraction of sp³-hybridized carbons (Fsp3) is 0.385. The summed E-state index contributed by atoms with van der Waals surface area (Å²) in [6.07, 6.45) is 0.763. The van der Waals surface area contributed by atoms with Gasteiger partial charge in [0.15, 0.2) is 11.5 Å². The number of aromatic carboxylic acids is 1. The van der Waals surface area contributed by atoms with Crippen molar-refractivity contribution in [3.05, 3.63) is 22.7 Å². The normalized spacial score (nSPS) is 9.95. The quantitative estimate of drug-likeness (QED) is 0.752. The van der Waals surface area contributed by atoms with Crippen LogP contribution in [0.2, 0.25) is 5.02 Å². The Balaban J connectivity index is 2.81. The third-order valence-corrected chi connectivity index (χ3v) is 2.76. The maximum atomic E-state index is 11.2. The molecule has 0 saturated heterocycles. The van der Waals surface area contributed by atoms with Gasteiger partial charge < -0.3 is 19.9 Å². The molecule has 1 rings (SSSR count). The van der Waals surface area contributed by atoms with Crippen LogP contribution < -0.4 is 14.8 Å². The molecular formula is C13H16ClNO5. The van der Waals surface area contributed by atoms with Crippen LogP contribution in [-0.4, -0.2) is 37.7 Å². The predicted octanol–water partition coefficient (Wildman–Crippen LogP) is 1.95. The standard InChI is InChI=1S/C13H16ClNO5/c1-15-11(16)4-3-5-20-12-9(13(17)18)6-8(14)7-10(12)19-2/h6-7H,3-5H2,1-2H3,(H,15,16)(H,17,18). The maximum absolute atomic E-state index is 11.2. The summed E-state index contributed by atoms with van der Waals surface area (Å²) in [6.45, 7) is 0.200. The molecule has 0 aromatic heterocycles. The van der Waals surface area contributed by atoms with E-state index in [1.807, 2.05) is 0 Å². The Morgan fingerprint density at radius 3 is 2.65 bits per heavy atom. The van der Waals surface area contributed by atoms with E-state index in [0.717, 1.165) is 0 Å². The minimum atomic E-state index is -1.16. The zero-order chi connectivity index (χ0) is 15.1. The van der Waals surface area contributed by atoms with E-state index in [1.54, 1.807) is 7.05 Å². The van der Waals surface area contributed by atoms with E-state index in [0.29, 0.717) is 12.8 Å². The Morgan fingerprint density at radius 1 is 1.40 bits per heavy atom.